The van der Waals surface area contributed by atoms with E-state index < -0.39 is 25.1 Å². The van der Waals surface area contributed by atoms with Gasteiger partial charge in [0, 0.05) is 13.1 Å². The molecular formula is C10H21NO4S2. The first-order chi connectivity index (χ1) is 7.83. The highest BCUT2D eigenvalue weighted by atomic mass is 32.2. The highest BCUT2D eigenvalue weighted by molar-refractivity contribution is 7.95. The summed E-state index contributed by atoms with van der Waals surface area (Å²) in [5.74, 6) is -0.206. The van der Waals surface area contributed by atoms with Crippen LogP contribution in [0.25, 0.3) is 0 Å². The third-order valence-corrected chi connectivity index (χ3v) is 7.23. The zero-order chi connectivity index (χ0) is 13.1. The Labute approximate surface area is 104 Å². The monoisotopic (exact) mass is 283 g/mol. The lowest BCUT2D eigenvalue weighted by Crippen LogP contribution is -2.40. The Balaban J connectivity index is 2.85. The van der Waals surface area contributed by atoms with E-state index in [1.54, 1.807) is 0 Å². The van der Waals surface area contributed by atoms with Crippen LogP contribution in [0.15, 0.2) is 0 Å². The van der Waals surface area contributed by atoms with Gasteiger partial charge in [-0.15, -0.1) is 0 Å². The molecule has 1 rings (SSSR count). The lowest BCUT2D eigenvalue weighted by atomic mass is 10.4. The largest absolute Gasteiger partial charge is 0.229 e. The maximum Gasteiger partial charge on any atom is 0.218 e. The van der Waals surface area contributed by atoms with E-state index in [9.17, 15) is 16.8 Å². The molecule has 0 spiro atoms. The third-order valence-electron chi connectivity index (χ3n) is 2.92. The minimum absolute atomic E-state index is 0.00296. The molecule has 5 nitrogen and oxygen atoms in total. The zero-order valence-electron chi connectivity index (χ0n) is 10.4. The van der Waals surface area contributed by atoms with Crippen molar-refractivity contribution in [2.24, 2.45) is 0 Å². The van der Waals surface area contributed by atoms with Crippen LogP contribution in [0.5, 0.6) is 0 Å². The molecule has 0 unspecified atom stereocenters. The first kappa shape index (κ1) is 14.9. The summed E-state index contributed by atoms with van der Waals surface area (Å²) in [5.41, 5.74) is 0. The van der Waals surface area contributed by atoms with E-state index in [2.05, 4.69) is 0 Å². The topological polar surface area (TPSA) is 71.5 Å². The Bertz CT molecular complexity index is 435. The maximum absolute atomic E-state index is 12.3. The van der Waals surface area contributed by atoms with Gasteiger partial charge in [0.1, 0.15) is 0 Å². The quantitative estimate of drug-likeness (QED) is 0.716. The van der Waals surface area contributed by atoms with Crippen LogP contribution in [-0.4, -0.2) is 51.0 Å². The van der Waals surface area contributed by atoms with Gasteiger partial charge in [-0.1, -0.05) is 13.8 Å². The van der Waals surface area contributed by atoms with Crippen molar-refractivity contribution in [2.45, 2.75) is 38.4 Å². The van der Waals surface area contributed by atoms with Gasteiger partial charge in [-0.25, -0.2) is 21.1 Å². The first-order valence-electron chi connectivity index (χ1n) is 6.03. The SMILES string of the molecule is CCCN(CCC)S(=O)(=O)[C@@H]1CCS(=O)(=O)C1. The van der Waals surface area contributed by atoms with E-state index in [1.807, 2.05) is 13.8 Å². The van der Waals surface area contributed by atoms with E-state index in [0.717, 1.165) is 12.8 Å². The Morgan fingerprint density at radius 1 is 1.18 bits per heavy atom. The molecule has 1 aliphatic rings. The highest BCUT2D eigenvalue weighted by Gasteiger charge is 2.39. The fraction of sp³-hybridized carbons (Fsp3) is 1.00. The Kier molecular flexibility index (Phi) is 4.97. The molecule has 0 radical (unpaired) electrons. The molecule has 0 aromatic carbocycles. The van der Waals surface area contributed by atoms with Crippen molar-refractivity contribution in [2.75, 3.05) is 24.6 Å². The minimum Gasteiger partial charge on any atom is -0.229 e. The fourth-order valence-electron chi connectivity index (χ4n) is 2.07. The Hall–Kier alpha value is -0.140. The summed E-state index contributed by atoms with van der Waals surface area (Å²) in [6, 6.07) is 0. The van der Waals surface area contributed by atoms with Gasteiger partial charge in [-0.3, -0.25) is 0 Å². The van der Waals surface area contributed by atoms with Gasteiger partial charge in [0.2, 0.25) is 10.0 Å². The Morgan fingerprint density at radius 2 is 1.71 bits per heavy atom. The van der Waals surface area contributed by atoms with Crippen molar-refractivity contribution in [1.29, 1.82) is 0 Å². The lowest BCUT2D eigenvalue weighted by molar-refractivity contribution is 0.404. The summed E-state index contributed by atoms with van der Waals surface area (Å²) >= 11 is 0. The summed E-state index contributed by atoms with van der Waals surface area (Å²) in [7, 11) is -6.59. The summed E-state index contributed by atoms with van der Waals surface area (Å²) in [5, 5.41) is -0.731. The number of hydrogen-bond donors (Lipinski definition) is 0. The average Bonchev–Trinajstić information content (AvgIpc) is 2.59. The van der Waals surface area contributed by atoms with Gasteiger partial charge >= 0.3 is 0 Å². The lowest BCUT2D eigenvalue weighted by Gasteiger charge is -2.24. The molecule has 1 saturated heterocycles. The van der Waals surface area contributed by atoms with Gasteiger partial charge in [-0.05, 0) is 19.3 Å². The van der Waals surface area contributed by atoms with Crippen LogP contribution in [0, 0.1) is 0 Å². The molecule has 1 aliphatic heterocycles. The predicted octanol–water partition coefficient (Wildman–Crippen LogP) is 0.625. The molecule has 102 valence electrons. The fourth-order valence-corrected chi connectivity index (χ4v) is 6.79. The average molecular weight is 283 g/mol. The van der Waals surface area contributed by atoms with Crippen LogP contribution >= 0.6 is 0 Å². The Morgan fingerprint density at radius 3 is 2.06 bits per heavy atom. The molecule has 0 saturated carbocycles. The minimum atomic E-state index is -3.44. The van der Waals surface area contributed by atoms with Crippen molar-refractivity contribution in [3.63, 3.8) is 0 Å². The molecule has 1 fully saturated rings. The molecule has 17 heavy (non-hydrogen) atoms. The first-order valence-corrected chi connectivity index (χ1v) is 9.35. The molecule has 0 amide bonds. The van der Waals surface area contributed by atoms with Gasteiger partial charge in [0.15, 0.2) is 9.84 Å². The van der Waals surface area contributed by atoms with Crippen molar-refractivity contribution in [3.05, 3.63) is 0 Å². The second-order valence-corrected chi connectivity index (χ2v) is 8.91. The van der Waals surface area contributed by atoms with Crippen LogP contribution in [-0.2, 0) is 19.9 Å². The normalized spacial score (nSPS) is 24.3. The highest BCUT2D eigenvalue weighted by Crippen LogP contribution is 2.22. The predicted molar refractivity (Wildman–Crippen MR) is 68.1 cm³/mol. The van der Waals surface area contributed by atoms with Gasteiger partial charge < -0.3 is 0 Å². The van der Waals surface area contributed by atoms with Crippen LogP contribution in [0.1, 0.15) is 33.1 Å². The number of nitrogens with zero attached hydrogens (tertiary/aromatic N) is 1. The van der Waals surface area contributed by atoms with Crippen LogP contribution < -0.4 is 0 Å². The summed E-state index contributed by atoms with van der Waals surface area (Å²) < 4.78 is 48.7. The summed E-state index contributed by atoms with van der Waals surface area (Å²) in [4.78, 5) is 0. The number of sulfone groups is 1. The molecule has 7 heteroatoms. The van der Waals surface area contributed by atoms with E-state index in [1.165, 1.54) is 4.31 Å². The maximum atomic E-state index is 12.3. The molecule has 0 N–H and O–H groups in total. The second-order valence-electron chi connectivity index (χ2n) is 4.47. The van der Waals surface area contributed by atoms with E-state index in [4.69, 9.17) is 0 Å². The van der Waals surface area contributed by atoms with Crippen molar-refractivity contribution >= 4 is 19.9 Å². The summed E-state index contributed by atoms with van der Waals surface area (Å²) in [6.07, 6.45) is 1.74. The van der Waals surface area contributed by atoms with Crippen LogP contribution in [0.2, 0.25) is 0 Å². The number of rotatable bonds is 6. The molecule has 0 aliphatic carbocycles. The second kappa shape index (κ2) is 5.67. The van der Waals surface area contributed by atoms with Gasteiger partial charge in [-0.2, -0.15) is 0 Å². The molecule has 0 bridgehead atoms. The van der Waals surface area contributed by atoms with E-state index >= 15 is 0 Å². The smallest absolute Gasteiger partial charge is 0.218 e. The molecule has 1 heterocycles. The van der Waals surface area contributed by atoms with E-state index in [0.29, 0.717) is 13.1 Å². The van der Waals surface area contributed by atoms with Crippen LogP contribution in [0.4, 0.5) is 0 Å². The molecule has 0 aromatic heterocycles. The standard InChI is InChI=1S/C10H21NO4S2/c1-3-6-11(7-4-2)17(14,15)10-5-8-16(12,13)9-10/h10H,3-9H2,1-2H3/t10-/m1/s1. The summed E-state index contributed by atoms with van der Waals surface area (Å²) in [6.45, 7) is 4.80. The van der Waals surface area contributed by atoms with E-state index in [-0.39, 0.29) is 17.9 Å². The van der Waals surface area contributed by atoms with Gasteiger partial charge in [0.05, 0.1) is 16.8 Å². The third kappa shape index (κ3) is 3.66. The van der Waals surface area contributed by atoms with Crippen LogP contribution in [0.3, 0.4) is 0 Å². The number of sulfonamides is 1. The molecule has 0 aromatic rings. The van der Waals surface area contributed by atoms with Gasteiger partial charge in [0.25, 0.3) is 0 Å². The van der Waals surface area contributed by atoms with Crippen molar-refractivity contribution < 1.29 is 16.8 Å². The van der Waals surface area contributed by atoms with Crippen molar-refractivity contribution in [3.8, 4) is 0 Å². The van der Waals surface area contributed by atoms with Crippen molar-refractivity contribution in [1.82, 2.24) is 4.31 Å². The zero-order valence-corrected chi connectivity index (χ0v) is 12.1. The molecule has 1 atom stereocenters. The molecular weight excluding hydrogens is 262 g/mol. The number of hydrogen-bond acceptors (Lipinski definition) is 4.